The number of nitrogens with zero attached hydrogens (tertiary/aromatic N) is 1. The monoisotopic (exact) mass is 212 g/mol. The lowest BCUT2D eigenvalue weighted by atomic mass is 10.4. The van der Waals surface area contributed by atoms with Crippen LogP contribution >= 0.6 is 0 Å². The highest BCUT2D eigenvalue weighted by Crippen LogP contribution is 1.91. The summed E-state index contributed by atoms with van der Waals surface area (Å²) in [7, 11) is 1.62. The molecule has 5 nitrogen and oxygen atoms in total. The van der Waals surface area contributed by atoms with Crippen LogP contribution < -0.4 is 11.3 Å². The molecule has 1 aromatic rings. The van der Waals surface area contributed by atoms with Gasteiger partial charge in [0.2, 0.25) is 0 Å². The van der Waals surface area contributed by atoms with Gasteiger partial charge in [0.15, 0.2) is 0 Å². The van der Waals surface area contributed by atoms with Crippen LogP contribution in [0, 0.1) is 0 Å². The Bertz CT molecular complexity index is 349. The fourth-order valence-electron chi connectivity index (χ4n) is 1.14. The maximum absolute atomic E-state index is 11.4. The highest BCUT2D eigenvalue weighted by molar-refractivity contribution is 5.33. The van der Waals surface area contributed by atoms with E-state index in [1.807, 2.05) is 0 Å². The van der Waals surface area contributed by atoms with E-state index in [0.717, 1.165) is 0 Å². The Morgan fingerprint density at radius 3 is 2.93 bits per heavy atom. The number of rotatable bonds is 6. The van der Waals surface area contributed by atoms with Gasteiger partial charge in [-0.3, -0.25) is 4.79 Å². The van der Waals surface area contributed by atoms with Crippen molar-refractivity contribution >= 4 is 5.69 Å². The van der Waals surface area contributed by atoms with Crippen molar-refractivity contribution in [1.29, 1.82) is 0 Å². The van der Waals surface area contributed by atoms with E-state index in [9.17, 15) is 4.79 Å². The topological polar surface area (TPSA) is 66.5 Å². The van der Waals surface area contributed by atoms with Crippen molar-refractivity contribution in [3.63, 3.8) is 0 Å². The zero-order valence-electron chi connectivity index (χ0n) is 8.81. The summed E-state index contributed by atoms with van der Waals surface area (Å²) in [6, 6.07) is 3.33. The molecule has 0 unspecified atom stereocenters. The van der Waals surface area contributed by atoms with Crippen LogP contribution in [0.1, 0.15) is 0 Å². The average Bonchev–Trinajstić information content (AvgIpc) is 2.24. The highest BCUT2D eigenvalue weighted by atomic mass is 16.5. The van der Waals surface area contributed by atoms with Crippen LogP contribution in [0.3, 0.4) is 0 Å². The van der Waals surface area contributed by atoms with Gasteiger partial charge in [0.1, 0.15) is 0 Å². The minimum atomic E-state index is -0.173. The molecule has 84 valence electrons. The average molecular weight is 212 g/mol. The third kappa shape index (κ3) is 3.73. The summed E-state index contributed by atoms with van der Waals surface area (Å²) < 4.78 is 11.6. The summed E-state index contributed by atoms with van der Waals surface area (Å²) in [5.74, 6) is 0. The van der Waals surface area contributed by atoms with Crippen molar-refractivity contribution < 1.29 is 9.47 Å². The largest absolute Gasteiger partial charge is 0.394 e. The molecule has 0 saturated carbocycles. The van der Waals surface area contributed by atoms with Crippen molar-refractivity contribution in [3.8, 4) is 0 Å². The second kappa shape index (κ2) is 6.21. The number of hydrogen-bond acceptors (Lipinski definition) is 4. The Morgan fingerprint density at radius 2 is 2.20 bits per heavy atom. The van der Waals surface area contributed by atoms with E-state index >= 15 is 0 Å². The molecule has 1 rings (SSSR count). The third-order valence-corrected chi connectivity index (χ3v) is 1.96. The van der Waals surface area contributed by atoms with Gasteiger partial charge in [-0.2, -0.15) is 0 Å². The Kier molecular flexibility index (Phi) is 4.86. The maximum Gasteiger partial charge on any atom is 0.273 e. The van der Waals surface area contributed by atoms with Gasteiger partial charge in [0.25, 0.3) is 5.56 Å². The van der Waals surface area contributed by atoms with Crippen LogP contribution in [0.4, 0.5) is 5.69 Å². The minimum Gasteiger partial charge on any atom is -0.394 e. The highest BCUT2D eigenvalue weighted by Gasteiger charge is 1.98. The first-order valence-electron chi connectivity index (χ1n) is 4.77. The Hall–Kier alpha value is -1.33. The van der Waals surface area contributed by atoms with E-state index in [-0.39, 0.29) is 11.2 Å². The molecule has 0 atom stereocenters. The molecule has 0 spiro atoms. The number of nitrogen functional groups attached to an aromatic ring is 1. The molecule has 15 heavy (non-hydrogen) atoms. The number of methoxy groups -OCH3 is 1. The molecule has 0 bridgehead atoms. The van der Waals surface area contributed by atoms with Crippen LogP contribution in [-0.4, -0.2) is 31.5 Å². The maximum atomic E-state index is 11.4. The molecule has 0 radical (unpaired) electrons. The van der Waals surface area contributed by atoms with Gasteiger partial charge in [-0.05, 0) is 12.1 Å². The second-order valence-electron chi connectivity index (χ2n) is 3.07. The third-order valence-electron chi connectivity index (χ3n) is 1.96. The molecule has 0 aliphatic rings. The molecule has 0 aliphatic carbocycles. The summed E-state index contributed by atoms with van der Waals surface area (Å²) in [6.45, 7) is 2.08. The lowest BCUT2D eigenvalue weighted by Gasteiger charge is -2.06. The minimum absolute atomic E-state index is 0.173. The van der Waals surface area contributed by atoms with Crippen LogP contribution in [0.5, 0.6) is 0 Å². The zero-order chi connectivity index (χ0) is 11.1. The van der Waals surface area contributed by atoms with Crippen molar-refractivity contribution in [2.75, 3.05) is 32.7 Å². The molecular weight excluding hydrogens is 196 g/mol. The summed E-state index contributed by atoms with van der Waals surface area (Å²) in [5.41, 5.74) is 5.56. The van der Waals surface area contributed by atoms with Gasteiger partial charge in [-0.25, -0.2) is 0 Å². The first-order chi connectivity index (χ1) is 7.25. The fraction of sp³-hybridized carbons (Fsp3) is 0.500. The van der Waals surface area contributed by atoms with Crippen LogP contribution in [-0.2, 0) is 16.0 Å². The molecule has 1 aromatic heterocycles. The zero-order valence-corrected chi connectivity index (χ0v) is 8.81. The first kappa shape index (κ1) is 11.7. The number of nitrogens with two attached hydrogens (primary N) is 1. The SMILES string of the molecule is COCCOCCn1cccc(N)c1=O. The summed E-state index contributed by atoms with van der Waals surface area (Å²) in [6.07, 6.45) is 1.69. The number of anilines is 1. The number of hydrogen-bond donors (Lipinski definition) is 1. The Balaban J connectivity index is 2.38. The number of pyridine rings is 1. The van der Waals surface area contributed by atoms with Gasteiger partial charge in [-0.1, -0.05) is 0 Å². The quantitative estimate of drug-likeness (QED) is 0.679. The first-order valence-corrected chi connectivity index (χ1v) is 4.77. The van der Waals surface area contributed by atoms with Crippen molar-refractivity contribution in [3.05, 3.63) is 28.7 Å². The van der Waals surface area contributed by atoms with Crippen molar-refractivity contribution in [2.45, 2.75) is 6.54 Å². The molecule has 0 amide bonds. The predicted octanol–water partition coefficient (Wildman–Crippen LogP) is 0.0935. The Labute approximate surface area is 88.4 Å². The summed E-state index contributed by atoms with van der Waals surface area (Å²) >= 11 is 0. The van der Waals surface area contributed by atoms with E-state index in [1.54, 1.807) is 25.4 Å². The van der Waals surface area contributed by atoms with Crippen LogP contribution in [0.2, 0.25) is 0 Å². The molecule has 0 aromatic carbocycles. The van der Waals surface area contributed by atoms with E-state index in [1.165, 1.54) is 4.57 Å². The lowest BCUT2D eigenvalue weighted by Crippen LogP contribution is -2.24. The lowest BCUT2D eigenvalue weighted by molar-refractivity contribution is 0.0663. The molecule has 1 heterocycles. The van der Waals surface area contributed by atoms with Crippen LogP contribution in [0.25, 0.3) is 0 Å². The van der Waals surface area contributed by atoms with Crippen LogP contribution in [0.15, 0.2) is 23.1 Å². The Morgan fingerprint density at radius 1 is 1.40 bits per heavy atom. The van der Waals surface area contributed by atoms with Gasteiger partial charge < -0.3 is 19.8 Å². The van der Waals surface area contributed by atoms with E-state index in [0.29, 0.717) is 26.4 Å². The molecular formula is C10H16N2O3. The normalized spacial score (nSPS) is 10.5. The van der Waals surface area contributed by atoms with Gasteiger partial charge in [0.05, 0.1) is 25.5 Å². The smallest absolute Gasteiger partial charge is 0.273 e. The second-order valence-corrected chi connectivity index (χ2v) is 3.07. The van der Waals surface area contributed by atoms with Gasteiger partial charge in [0, 0.05) is 19.9 Å². The summed E-state index contributed by atoms with van der Waals surface area (Å²) in [4.78, 5) is 11.4. The molecule has 0 aliphatic heterocycles. The molecule has 0 fully saturated rings. The van der Waals surface area contributed by atoms with Crippen molar-refractivity contribution in [1.82, 2.24) is 4.57 Å². The molecule has 5 heteroatoms. The molecule has 2 N–H and O–H groups in total. The number of aromatic nitrogens is 1. The summed E-state index contributed by atoms with van der Waals surface area (Å²) in [5, 5.41) is 0. The van der Waals surface area contributed by atoms with E-state index < -0.39 is 0 Å². The van der Waals surface area contributed by atoms with Gasteiger partial charge >= 0.3 is 0 Å². The standard InChI is InChI=1S/C10H16N2O3/c1-14-7-8-15-6-5-12-4-2-3-9(11)10(12)13/h2-4H,5-8,11H2,1H3. The van der Waals surface area contributed by atoms with Crippen molar-refractivity contribution in [2.24, 2.45) is 0 Å². The van der Waals surface area contributed by atoms with Gasteiger partial charge in [-0.15, -0.1) is 0 Å². The number of ether oxygens (including phenoxy) is 2. The fourth-order valence-corrected chi connectivity index (χ4v) is 1.14. The van der Waals surface area contributed by atoms with E-state index in [2.05, 4.69) is 0 Å². The predicted molar refractivity (Wildman–Crippen MR) is 57.8 cm³/mol. The van der Waals surface area contributed by atoms with E-state index in [4.69, 9.17) is 15.2 Å². The molecule has 0 saturated heterocycles.